The Bertz CT molecular complexity index is 351. The van der Waals surface area contributed by atoms with Crippen molar-refractivity contribution < 1.29 is 4.74 Å². The zero-order valence-corrected chi connectivity index (χ0v) is 8.81. The first-order chi connectivity index (χ1) is 7.36. The van der Waals surface area contributed by atoms with Gasteiger partial charge < -0.3 is 4.74 Å². The molecule has 0 aliphatic heterocycles. The molecule has 0 atom stereocenters. The third-order valence-electron chi connectivity index (χ3n) is 1.87. The van der Waals surface area contributed by atoms with E-state index in [9.17, 15) is 0 Å². The van der Waals surface area contributed by atoms with Gasteiger partial charge in [-0.05, 0) is 24.3 Å². The van der Waals surface area contributed by atoms with Gasteiger partial charge in [0.25, 0.3) is 0 Å². The second-order valence-electron chi connectivity index (χ2n) is 3.06. The van der Waals surface area contributed by atoms with E-state index in [0.29, 0.717) is 12.2 Å². The van der Waals surface area contributed by atoms with Crippen LogP contribution in [-0.4, -0.2) is 13.9 Å². The van der Waals surface area contributed by atoms with E-state index < -0.39 is 0 Å². The van der Waals surface area contributed by atoms with E-state index in [4.69, 9.17) is 10.00 Å². The van der Waals surface area contributed by atoms with Gasteiger partial charge >= 0.3 is 0 Å². The van der Waals surface area contributed by atoms with Gasteiger partial charge in [0.05, 0.1) is 11.6 Å². The molecular weight excluding hydrogens is 185 g/mol. The normalized spacial score (nSPS) is 9.87. The van der Waals surface area contributed by atoms with Crippen LogP contribution < -0.4 is 4.74 Å². The molecule has 1 aromatic rings. The summed E-state index contributed by atoms with van der Waals surface area (Å²) in [6.45, 7) is 2.59. The molecule has 0 heterocycles. The Kier molecular flexibility index (Phi) is 5.10. The molecule has 0 aromatic heterocycles. The number of ether oxygens (including phenoxy) is 1. The summed E-state index contributed by atoms with van der Waals surface area (Å²) in [7, 11) is 2.08. The van der Waals surface area contributed by atoms with Crippen molar-refractivity contribution in [2.24, 2.45) is 0 Å². The Labute approximate surface area is 91.4 Å². The maximum absolute atomic E-state index is 8.60. The van der Waals surface area contributed by atoms with Gasteiger partial charge in [-0.15, -0.1) is 0 Å². The van der Waals surface area contributed by atoms with Crippen LogP contribution in [0.4, 0.5) is 0 Å². The summed E-state index contributed by atoms with van der Waals surface area (Å²) in [6.07, 6.45) is 5.01. The summed E-state index contributed by atoms with van der Waals surface area (Å²) in [5.41, 5.74) is 0.651. The van der Waals surface area contributed by atoms with Crippen molar-refractivity contribution in [3.8, 4) is 11.8 Å². The molecular formula is C12H13BNO. The zero-order chi connectivity index (χ0) is 10.9. The molecule has 0 aliphatic carbocycles. The maximum atomic E-state index is 8.60. The molecule has 0 N–H and O–H groups in total. The van der Waals surface area contributed by atoms with Crippen LogP contribution in [0.5, 0.6) is 5.75 Å². The lowest BCUT2D eigenvalue weighted by Gasteiger charge is -2.01. The van der Waals surface area contributed by atoms with Crippen LogP contribution in [-0.2, 0) is 0 Å². The van der Waals surface area contributed by atoms with Crippen molar-refractivity contribution in [1.82, 2.24) is 0 Å². The highest BCUT2D eigenvalue weighted by molar-refractivity contribution is 6.34. The summed E-state index contributed by atoms with van der Waals surface area (Å²) in [6, 6.07) is 9.17. The minimum Gasteiger partial charge on any atom is -0.490 e. The molecule has 0 fully saturated rings. The smallest absolute Gasteiger partial charge is 0.119 e. The van der Waals surface area contributed by atoms with Gasteiger partial charge in [0.1, 0.15) is 19.6 Å². The minimum atomic E-state index is 0.569. The lowest BCUT2D eigenvalue weighted by Crippen LogP contribution is -1.93. The number of hydrogen-bond acceptors (Lipinski definition) is 2. The summed E-state index contributed by atoms with van der Waals surface area (Å²) in [4.78, 5) is 0. The largest absolute Gasteiger partial charge is 0.490 e. The number of nitriles is 1. The highest BCUT2D eigenvalue weighted by Crippen LogP contribution is 2.11. The Balaban J connectivity index is 2.35. The highest BCUT2D eigenvalue weighted by atomic mass is 16.5. The predicted molar refractivity (Wildman–Crippen MR) is 62.2 cm³/mol. The molecule has 0 saturated heterocycles. The van der Waals surface area contributed by atoms with E-state index in [2.05, 4.69) is 19.4 Å². The lowest BCUT2D eigenvalue weighted by molar-refractivity contribution is 0.362. The number of hydrogen-bond donors (Lipinski definition) is 0. The maximum Gasteiger partial charge on any atom is 0.119 e. The van der Waals surface area contributed by atoms with E-state index in [1.165, 1.54) is 0 Å². The molecule has 0 amide bonds. The first-order valence-corrected chi connectivity index (χ1v) is 4.92. The Morgan fingerprint density at radius 1 is 1.33 bits per heavy atom. The predicted octanol–water partition coefficient (Wildman–Crippen LogP) is 2.66. The van der Waals surface area contributed by atoms with Gasteiger partial charge in [-0.25, -0.2) is 0 Å². The van der Waals surface area contributed by atoms with Crippen LogP contribution in [0.25, 0.3) is 0 Å². The van der Waals surface area contributed by atoms with E-state index in [1.807, 2.05) is 12.9 Å². The van der Waals surface area contributed by atoms with Crippen molar-refractivity contribution in [2.45, 2.75) is 13.1 Å². The second kappa shape index (κ2) is 6.72. The monoisotopic (exact) mass is 198 g/mol. The molecule has 2 nitrogen and oxygen atoms in total. The van der Waals surface area contributed by atoms with Gasteiger partial charge in [-0.2, -0.15) is 5.26 Å². The molecule has 0 saturated carbocycles. The van der Waals surface area contributed by atoms with Crippen LogP contribution in [0.15, 0.2) is 36.4 Å². The van der Waals surface area contributed by atoms with E-state index >= 15 is 0 Å². The molecule has 1 aromatic carbocycles. The Morgan fingerprint density at radius 3 is 2.67 bits per heavy atom. The SMILES string of the molecule is C[B]C/C=C/COc1ccc(C#N)cc1. The van der Waals surface area contributed by atoms with Crippen molar-refractivity contribution in [1.29, 1.82) is 5.26 Å². The average molecular weight is 198 g/mol. The molecule has 75 valence electrons. The topological polar surface area (TPSA) is 33.0 Å². The first kappa shape index (κ1) is 11.4. The molecule has 0 unspecified atom stereocenters. The lowest BCUT2D eigenvalue weighted by atomic mass is 9.78. The summed E-state index contributed by atoms with van der Waals surface area (Å²) < 4.78 is 5.44. The van der Waals surface area contributed by atoms with E-state index in [-0.39, 0.29) is 0 Å². The Hall–Kier alpha value is -1.69. The fraction of sp³-hybridized carbons (Fsp3) is 0.250. The standard InChI is InChI=1S/C12H13BNO/c1-13-8-2-3-9-15-12-6-4-11(10-14)5-7-12/h2-7H,8-9H2,1H3/b3-2+. The average Bonchev–Trinajstić information content (AvgIpc) is 2.30. The third kappa shape index (κ3) is 4.37. The van der Waals surface area contributed by atoms with Gasteiger partial charge in [-0.1, -0.05) is 25.3 Å². The first-order valence-electron chi connectivity index (χ1n) is 4.92. The molecule has 15 heavy (non-hydrogen) atoms. The van der Waals surface area contributed by atoms with Gasteiger partial charge in [0.2, 0.25) is 0 Å². The molecule has 1 radical (unpaired) electrons. The minimum absolute atomic E-state index is 0.569. The number of rotatable bonds is 5. The summed E-state index contributed by atoms with van der Waals surface area (Å²) in [5, 5.41) is 8.60. The zero-order valence-electron chi connectivity index (χ0n) is 8.81. The third-order valence-corrected chi connectivity index (χ3v) is 1.87. The summed E-state index contributed by atoms with van der Waals surface area (Å²) >= 11 is 0. The van der Waals surface area contributed by atoms with Gasteiger partial charge in [-0.3, -0.25) is 0 Å². The van der Waals surface area contributed by atoms with Crippen LogP contribution in [0.3, 0.4) is 0 Å². The van der Waals surface area contributed by atoms with Crippen molar-refractivity contribution in [2.75, 3.05) is 6.61 Å². The van der Waals surface area contributed by atoms with Crippen molar-refractivity contribution in [3.63, 3.8) is 0 Å². The summed E-state index contributed by atoms with van der Waals surface area (Å²) in [5.74, 6) is 0.791. The fourth-order valence-corrected chi connectivity index (χ4v) is 1.07. The molecule has 0 aliphatic rings. The van der Waals surface area contributed by atoms with Gasteiger partial charge in [0.15, 0.2) is 0 Å². The fourth-order valence-electron chi connectivity index (χ4n) is 1.07. The molecule has 0 bridgehead atoms. The van der Waals surface area contributed by atoms with Crippen LogP contribution >= 0.6 is 0 Å². The molecule has 1 rings (SSSR count). The highest BCUT2D eigenvalue weighted by Gasteiger charge is 1.92. The van der Waals surface area contributed by atoms with E-state index in [0.717, 1.165) is 12.1 Å². The quantitative estimate of drug-likeness (QED) is 0.538. The van der Waals surface area contributed by atoms with Crippen molar-refractivity contribution >= 4 is 7.28 Å². The van der Waals surface area contributed by atoms with Crippen LogP contribution in [0.1, 0.15) is 5.56 Å². The molecule has 0 spiro atoms. The van der Waals surface area contributed by atoms with Crippen LogP contribution in [0.2, 0.25) is 13.1 Å². The van der Waals surface area contributed by atoms with Crippen LogP contribution in [0, 0.1) is 11.3 Å². The number of nitrogens with zero attached hydrogens (tertiary/aromatic N) is 1. The molecule has 3 heteroatoms. The second-order valence-corrected chi connectivity index (χ2v) is 3.06. The van der Waals surface area contributed by atoms with Gasteiger partial charge in [0, 0.05) is 0 Å². The number of benzene rings is 1. The Morgan fingerprint density at radius 2 is 2.07 bits per heavy atom. The van der Waals surface area contributed by atoms with Crippen molar-refractivity contribution in [3.05, 3.63) is 42.0 Å². The van der Waals surface area contributed by atoms with E-state index in [1.54, 1.807) is 24.3 Å². The number of allylic oxidation sites excluding steroid dienone is 1.